The highest BCUT2D eigenvalue weighted by Crippen LogP contribution is 2.21. The highest BCUT2D eigenvalue weighted by atomic mass is 35.5. The van der Waals surface area contributed by atoms with Crippen LogP contribution in [0.3, 0.4) is 0 Å². The molecule has 8 heteroatoms. The average molecular weight is 444 g/mol. The second-order valence-electron chi connectivity index (χ2n) is 7.79. The number of benzene rings is 2. The summed E-state index contributed by atoms with van der Waals surface area (Å²) >= 11 is 6.02. The number of H-pyrrole nitrogens is 1. The number of nitrogens with zero attached hydrogens (tertiary/aromatic N) is 1. The van der Waals surface area contributed by atoms with Crippen LogP contribution in [0.4, 0.5) is 4.39 Å². The molecule has 0 unspecified atom stereocenters. The van der Waals surface area contributed by atoms with Gasteiger partial charge in [-0.2, -0.15) is 0 Å². The van der Waals surface area contributed by atoms with E-state index in [1.54, 1.807) is 47.4 Å². The summed E-state index contributed by atoms with van der Waals surface area (Å²) in [5.74, 6) is -1.18. The second kappa shape index (κ2) is 9.08. The number of aromatic nitrogens is 1. The van der Waals surface area contributed by atoms with E-state index in [0.29, 0.717) is 36.5 Å². The Hall–Kier alpha value is -2.90. The number of piperidine rings is 1. The SMILES string of the molecule is O=C(N[C@@H](Cc1ccccc1F)C(=O)N1CCC(O)CC1)c1cc2cc(Cl)ccc2[nH]1. The molecule has 3 N–H and O–H groups in total. The quantitative estimate of drug-likeness (QED) is 0.565. The molecule has 2 amide bonds. The Morgan fingerprint density at radius 3 is 2.68 bits per heavy atom. The molecule has 0 saturated carbocycles. The number of nitrogens with one attached hydrogen (secondary N) is 2. The molecule has 0 spiro atoms. The van der Waals surface area contributed by atoms with Crippen molar-refractivity contribution in [1.29, 1.82) is 0 Å². The van der Waals surface area contributed by atoms with Crippen molar-refractivity contribution in [3.05, 3.63) is 70.6 Å². The van der Waals surface area contributed by atoms with Gasteiger partial charge in [0.05, 0.1) is 6.10 Å². The number of hydrogen-bond acceptors (Lipinski definition) is 3. The third-order valence-electron chi connectivity index (χ3n) is 5.59. The number of fused-ring (bicyclic) bond motifs is 1. The van der Waals surface area contributed by atoms with E-state index in [2.05, 4.69) is 10.3 Å². The molecule has 1 atom stereocenters. The predicted octanol–water partition coefficient (Wildman–Crippen LogP) is 3.28. The lowest BCUT2D eigenvalue weighted by atomic mass is 10.0. The van der Waals surface area contributed by atoms with Gasteiger partial charge in [0, 0.05) is 35.4 Å². The molecule has 1 aliphatic rings. The summed E-state index contributed by atoms with van der Waals surface area (Å²) in [6.45, 7) is 0.795. The lowest BCUT2D eigenvalue weighted by molar-refractivity contribution is -0.135. The fourth-order valence-electron chi connectivity index (χ4n) is 3.85. The fraction of sp³-hybridized carbons (Fsp3) is 0.304. The third kappa shape index (κ3) is 4.89. The Morgan fingerprint density at radius 2 is 1.94 bits per heavy atom. The molecule has 1 aliphatic heterocycles. The molecule has 0 aliphatic carbocycles. The van der Waals surface area contributed by atoms with E-state index in [9.17, 15) is 19.1 Å². The Balaban J connectivity index is 1.57. The maximum Gasteiger partial charge on any atom is 0.268 e. The molecule has 2 aromatic carbocycles. The van der Waals surface area contributed by atoms with Crippen LogP contribution < -0.4 is 5.32 Å². The van der Waals surface area contributed by atoms with Crippen LogP contribution >= 0.6 is 11.6 Å². The number of aliphatic hydroxyl groups is 1. The van der Waals surface area contributed by atoms with Crippen LogP contribution in [0.15, 0.2) is 48.5 Å². The number of aromatic amines is 1. The lowest BCUT2D eigenvalue weighted by Gasteiger charge is -2.32. The number of rotatable bonds is 5. The van der Waals surface area contributed by atoms with Gasteiger partial charge in [-0.25, -0.2) is 4.39 Å². The number of likely N-dealkylation sites (tertiary alicyclic amines) is 1. The van der Waals surface area contributed by atoms with E-state index in [1.165, 1.54) is 6.07 Å². The molecule has 31 heavy (non-hydrogen) atoms. The zero-order valence-electron chi connectivity index (χ0n) is 16.8. The van der Waals surface area contributed by atoms with Gasteiger partial charge in [0.2, 0.25) is 5.91 Å². The van der Waals surface area contributed by atoms with E-state index < -0.39 is 23.9 Å². The normalized spacial score (nSPS) is 15.8. The van der Waals surface area contributed by atoms with Crippen LogP contribution in [0.2, 0.25) is 5.02 Å². The fourth-order valence-corrected chi connectivity index (χ4v) is 4.03. The summed E-state index contributed by atoms with van der Waals surface area (Å²) in [4.78, 5) is 30.8. The lowest BCUT2D eigenvalue weighted by Crippen LogP contribution is -2.52. The second-order valence-corrected chi connectivity index (χ2v) is 8.23. The predicted molar refractivity (Wildman–Crippen MR) is 116 cm³/mol. The molecule has 162 valence electrons. The van der Waals surface area contributed by atoms with Gasteiger partial charge in [-0.1, -0.05) is 29.8 Å². The van der Waals surface area contributed by atoms with Gasteiger partial charge in [0.25, 0.3) is 5.91 Å². The first-order valence-electron chi connectivity index (χ1n) is 10.2. The molecule has 1 aromatic heterocycles. The van der Waals surface area contributed by atoms with E-state index >= 15 is 0 Å². The minimum Gasteiger partial charge on any atom is -0.393 e. The largest absolute Gasteiger partial charge is 0.393 e. The summed E-state index contributed by atoms with van der Waals surface area (Å²) in [6.07, 6.45) is 0.563. The topological polar surface area (TPSA) is 85.4 Å². The minimum absolute atomic E-state index is 0.0301. The minimum atomic E-state index is -0.936. The summed E-state index contributed by atoms with van der Waals surface area (Å²) in [5.41, 5.74) is 1.39. The summed E-state index contributed by atoms with van der Waals surface area (Å²) in [6, 6.07) is 12.2. The Labute approximate surface area is 184 Å². The third-order valence-corrected chi connectivity index (χ3v) is 5.82. The molecule has 1 fully saturated rings. The number of carbonyl (C=O) groups excluding carboxylic acids is 2. The number of amides is 2. The van der Waals surface area contributed by atoms with Crippen LogP contribution in [0.25, 0.3) is 10.9 Å². The molecule has 1 saturated heterocycles. The number of carbonyl (C=O) groups is 2. The van der Waals surface area contributed by atoms with Crippen LogP contribution in [0.1, 0.15) is 28.9 Å². The molecule has 6 nitrogen and oxygen atoms in total. The van der Waals surface area contributed by atoms with Gasteiger partial charge < -0.3 is 20.3 Å². The van der Waals surface area contributed by atoms with Crippen LogP contribution in [-0.4, -0.2) is 52.0 Å². The Morgan fingerprint density at radius 1 is 1.19 bits per heavy atom. The van der Waals surface area contributed by atoms with E-state index in [-0.39, 0.29) is 18.0 Å². The maximum atomic E-state index is 14.3. The first-order valence-corrected chi connectivity index (χ1v) is 10.6. The zero-order chi connectivity index (χ0) is 22.0. The van der Waals surface area contributed by atoms with E-state index in [1.807, 2.05) is 0 Å². The van der Waals surface area contributed by atoms with Crippen molar-refractivity contribution in [3.63, 3.8) is 0 Å². The van der Waals surface area contributed by atoms with Crippen LogP contribution in [0.5, 0.6) is 0 Å². The molecule has 4 rings (SSSR count). The van der Waals surface area contributed by atoms with Crippen molar-refractivity contribution < 1.29 is 19.1 Å². The molecule has 0 bridgehead atoms. The van der Waals surface area contributed by atoms with Gasteiger partial charge in [-0.15, -0.1) is 0 Å². The van der Waals surface area contributed by atoms with Crippen molar-refractivity contribution in [2.24, 2.45) is 0 Å². The van der Waals surface area contributed by atoms with Gasteiger partial charge in [0.15, 0.2) is 0 Å². The van der Waals surface area contributed by atoms with Gasteiger partial charge in [-0.05, 0) is 48.7 Å². The highest BCUT2D eigenvalue weighted by molar-refractivity contribution is 6.31. The zero-order valence-corrected chi connectivity index (χ0v) is 17.5. The van der Waals surface area contributed by atoms with Crippen molar-refractivity contribution >= 4 is 34.3 Å². The average Bonchev–Trinajstić information content (AvgIpc) is 3.18. The van der Waals surface area contributed by atoms with E-state index in [0.717, 1.165) is 10.9 Å². The number of hydrogen-bond donors (Lipinski definition) is 3. The van der Waals surface area contributed by atoms with Gasteiger partial charge in [0.1, 0.15) is 17.6 Å². The molecule has 0 radical (unpaired) electrons. The molecular formula is C23H23ClFN3O3. The van der Waals surface area contributed by atoms with Crippen molar-refractivity contribution in [2.45, 2.75) is 31.4 Å². The molecular weight excluding hydrogens is 421 g/mol. The van der Waals surface area contributed by atoms with Gasteiger partial charge >= 0.3 is 0 Å². The summed E-state index contributed by atoms with van der Waals surface area (Å²) < 4.78 is 14.3. The van der Waals surface area contributed by atoms with Crippen molar-refractivity contribution in [3.8, 4) is 0 Å². The van der Waals surface area contributed by atoms with Crippen molar-refractivity contribution in [1.82, 2.24) is 15.2 Å². The number of halogens is 2. The Bertz CT molecular complexity index is 1110. The smallest absolute Gasteiger partial charge is 0.268 e. The van der Waals surface area contributed by atoms with Crippen molar-refractivity contribution in [2.75, 3.05) is 13.1 Å². The van der Waals surface area contributed by atoms with Crippen LogP contribution in [0, 0.1) is 5.82 Å². The molecule has 2 heterocycles. The Kier molecular flexibility index (Phi) is 6.25. The summed E-state index contributed by atoms with van der Waals surface area (Å²) in [7, 11) is 0. The highest BCUT2D eigenvalue weighted by Gasteiger charge is 2.30. The monoisotopic (exact) mass is 443 g/mol. The number of aliphatic hydroxyl groups excluding tert-OH is 1. The van der Waals surface area contributed by atoms with E-state index in [4.69, 9.17) is 11.6 Å². The maximum absolute atomic E-state index is 14.3. The van der Waals surface area contributed by atoms with Gasteiger partial charge in [-0.3, -0.25) is 9.59 Å². The first-order chi connectivity index (χ1) is 14.9. The summed E-state index contributed by atoms with van der Waals surface area (Å²) in [5, 5.41) is 13.8. The molecule has 3 aromatic rings. The standard InChI is InChI=1S/C23H23ClFN3O3/c24-16-5-6-19-15(11-16)13-20(26-19)22(30)27-21(12-14-3-1-2-4-18(14)25)23(31)28-9-7-17(29)8-10-28/h1-6,11,13,17,21,26,29H,7-10,12H2,(H,27,30)/t21-/m0/s1. The first kappa shape index (κ1) is 21.3. The van der Waals surface area contributed by atoms with Crippen LogP contribution in [-0.2, 0) is 11.2 Å².